The lowest BCUT2D eigenvalue weighted by Crippen LogP contribution is -2.23. The fourth-order valence-electron chi connectivity index (χ4n) is 3.81. The summed E-state index contributed by atoms with van der Waals surface area (Å²) in [6.45, 7) is 3.85. The minimum absolute atomic E-state index is 0.0437. The SMILES string of the molecule is C=CC(=O)Nc1cc(Nc2nccc(-c3cn(C)c4ncccc34)n2)c(OC)cc1N(C)CCO. The van der Waals surface area contributed by atoms with E-state index in [9.17, 15) is 9.90 Å². The molecule has 180 valence electrons. The zero-order valence-corrected chi connectivity index (χ0v) is 19.8. The Bertz CT molecular complexity index is 1380. The van der Waals surface area contributed by atoms with E-state index in [1.807, 2.05) is 48.0 Å². The number of ether oxygens (including phenoxy) is 1. The number of fused-ring (bicyclic) bond motifs is 1. The summed E-state index contributed by atoms with van der Waals surface area (Å²) >= 11 is 0. The first kappa shape index (κ1) is 23.7. The largest absolute Gasteiger partial charge is 0.494 e. The number of methoxy groups -OCH3 is 1. The Kier molecular flexibility index (Phi) is 6.93. The smallest absolute Gasteiger partial charge is 0.247 e. The number of nitrogens with zero attached hydrogens (tertiary/aromatic N) is 5. The molecule has 1 amide bonds. The molecule has 1 aromatic carbocycles. The molecule has 0 fully saturated rings. The van der Waals surface area contributed by atoms with Gasteiger partial charge in [-0.25, -0.2) is 15.0 Å². The highest BCUT2D eigenvalue weighted by Gasteiger charge is 2.17. The number of benzene rings is 1. The van der Waals surface area contributed by atoms with Crippen molar-refractivity contribution in [2.24, 2.45) is 7.05 Å². The van der Waals surface area contributed by atoms with Crippen LogP contribution >= 0.6 is 0 Å². The second kappa shape index (κ2) is 10.2. The summed E-state index contributed by atoms with van der Waals surface area (Å²) in [7, 11) is 5.31. The average molecular weight is 474 g/mol. The number of aliphatic hydroxyl groups is 1. The van der Waals surface area contributed by atoms with Gasteiger partial charge >= 0.3 is 0 Å². The number of likely N-dealkylation sites (N-methyl/N-ethyl adjacent to an activating group) is 1. The summed E-state index contributed by atoms with van der Waals surface area (Å²) in [5, 5.41) is 16.4. The minimum atomic E-state index is -0.359. The summed E-state index contributed by atoms with van der Waals surface area (Å²) in [4.78, 5) is 27.4. The van der Waals surface area contributed by atoms with Gasteiger partial charge in [0.05, 0.1) is 36.5 Å². The standard InChI is InChI=1S/C25H27N7O3/c1-5-23(34)28-19-13-20(22(35-4)14-21(19)31(2)11-12-33)30-25-27-10-8-18(29-25)17-15-32(3)24-16(17)7-6-9-26-24/h5-10,13-15,33H,1,11-12H2,2-4H3,(H,28,34)(H,27,29,30). The molecule has 35 heavy (non-hydrogen) atoms. The first-order valence-electron chi connectivity index (χ1n) is 10.9. The Balaban J connectivity index is 1.73. The Labute approximate surface area is 202 Å². The van der Waals surface area contributed by atoms with Gasteiger partial charge in [-0.05, 0) is 30.3 Å². The van der Waals surface area contributed by atoms with Crippen molar-refractivity contribution in [1.29, 1.82) is 0 Å². The number of aliphatic hydroxyl groups excluding tert-OH is 1. The lowest BCUT2D eigenvalue weighted by atomic mass is 10.1. The number of aromatic nitrogens is 4. The molecule has 0 aliphatic heterocycles. The number of carbonyl (C=O) groups is 1. The van der Waals surface area contributed by atoms with Gasteiger partial charge in [0.25, 0.3) is 0 Å². The Morgan fingerprint density at radius 1 is 1.26 bits per heavy atom. The van der Waals surface area contributed by atoms with Crippen LogP contribution in [0.2, 0.25) is 0 Å². The minimum Gasteiger partial charge on any atom is -0.494 e. The van der Waals surface area contributed by atoms with Gasteiger partial charge in [-0.1, -0.05) is 6.58 Å². The number of rotatable bonds is 9. The van der Waals surface area contributed by atoms with E-state index in [2.05, 4.69) is 27.2 Å². The molecule has 3 heterocycles. The highest BCUT2D eigenvalue weighted by atomic mass is 16.5. The summed E-state index contributed by atoms with van der Waals surface area (Å²) < 4.78 is 7.55. The second-order valence-electron chi connectivity index (χ2n) is 7.83. The monoisotopic (exact) mass is 473 g/mol. The maximum Gasteiger partial charge on any atom is 0.247 e. The van der Waals surface area contributed by atoms with E-state index < -0.39 is 0 Å². The van der Waals surface area contributed by atoms with Crippen LogP contribution in [0, 0.1) is 0 Å². The molecule has 0 saturated carbocycles. The molecule has 3 aromatic heterocycles. The van der Waals surface area contributed by atoms with E-state index in [0.29, 0.717) is 35.3 Å². The topological polar surface area (TPSA) is 117 Å². The maximum absolute atomic E-state index is 12.1. The third-order valence-electron chi connectivity index (χ3n) is 5.52. The number of hydrogen-bond acceptors (Lipinski definition) is 8. The third-order valence-corrected chi connectivity index (χ3v) is 5.52. The molecule has 0 bridgehead atoms. The van der Waals surface area contributed by atoms with Crippen LogP contribution in [0.3, 0.4) is 0 Å². The predicted molar refractivity (Wildman–Crippen MR) is 137 cm³/mol. The Morgan fingerprint density at radius 2 is 2.09 bits per heavy atom. The lowest BCUT2D eigenvalue weighted by Gasteiger charge is -2.24. The van der Waals surface area contributed by atoms with Gasteiger partial charge in [-0.2, -0.15) is 0 Å². The van der Waals surface area contributed by atoms with E-state index in [4.69, 9.17) is 9.72 Å². The molecule has 0 unspecified atom stereocenters. The fraction of sp³-hybridized carbons (Fsp3) is 0.200. The van der Waals surface area contributed by atoms with Crippen molar-refractivity contribution in [2.45, 2.75) is 0 Å². The van der Waals surface area contributed by atoms with Gasteiger partial charge in [0, 0.05) is 56.2 Å². The van der Waals surface area contributed by atoms with Crippen molar-refractivity contribution in [3.63, 3.8) is 0 Å². The van der Waals surface area contributed by atoms with E-state index in [1.54, 1.807) is 31.6 Å². The zero-order valence-electron chi connectivity index (χ0n) is 19.8. The van der Waals surface area contributed by atoms with Gasteiger partial charge in [0.1, 0.15) is 11.4 Å². The summed E-state index contributed by atoms with van der Waals surface area (Å²) in [6.07, 6.45) is 6.61. The molecule has 4 aromatic rings. The summed E-state index contributed by atoms with van der Waals surface area (Å²) in [6, 6.07) is 9.25. The van der Waals surface area contributed by atoms with Crippen molar-refractivity contribution in [1.82, 2.24) is 19.5 Å². The van der Waals surface area contributed by atoms with Crippen LogP contribution in [0.15, 0.2) is 61.6 Å². The normalized spacial score (nSPS) is 10.7. The van der Waals surface area contributed by atoms with Crippen LogP contribution in [-0.2, 0) is 11.8 Å². The number of pyridine rings is 1. The third kappa shape index (κ3) is 4.92. The van der Waals surface area contributed by atoms with Crippen LogP contribution in [0.5, 0.6) is 5.75 Å². The van der Waals surface area contributed by atoms with Crippen molar-refractivity contribution in [3.05, 3.63) is 61.6 Å². The Morgan fingerprint density at radius 3 is 2.83 bits per heavy atom. The van der Waals surface area contributed by atoms with Gasteiger partial charge in [-0.15, -0.1) is 0 Å². The van der Waals surface area contributed by atoms with E-state index in [-0.39, 0.29) is 12.5 Å². The number of aryl methyl sites for hydroxylation is 1. The van der Waals surface area contributed by atoms with Gasteiger partial charge in [-0.3, -0.25) is 4.79 Å². The van der Waals surface area contributed by atoms with Crippen LogP contribution < -0.4 is 20.3 Å². The first-order chi connectivity index (χ1) is 16.9. The quantitative estimate of drug-likeness (QED) is 0.317. The molecule has 0 aliphatic rings. The highest BCUT2D eigenvalue weighted by molar-refractivity contribution is 6.02. The zero-order chi connectivity index (χ0) is 24.9. The fourth-order valence-corrected chi connectivity index (χ4v) is 3.81. The maximum atomic E-state index is 12.1. The molecule has 4 rings (SSSR count). The number of nitrogens with one attached hydrogen (secondary N) is 2. The van der Waals surface area contributed by atoms with Crippen molar-refractivity contribution in [2.75, 3.05) is 42.8 Å². The highest BCUT2D eigenvalue weighted by Crippen LogP contribution is 2.38. The second-order valence-corrected chi connectivity index (χ2v) is 7.83. The number of anilines is 4. The molecule has 10 nitrogen and oxygen atoms in total. The molecular weight excluding hydrogens is 446 g/mol. The van der Waals surface area contributed by atoms with Crippen LogP contribution in [0.1, 0.15) is 0 Å². The molecule has 10 heteroatoms. The van der Waals surface area contributed by atoms with E-state index >= 15 is 0 Å². The Hall–Kier alpha value is -4.44. The summed E-state index contributed by atoms with van der Waals surface area (Å²) in [5.74, 6) is 0.520. The number of amides is 1. The molecule has 0 atom stereocenters. The molecule has 0 spiro atoms. The van der Waals surface area contributed by atoms with E-state index in [1.165, 1.54) is 6.08 Å². The van der Waals surface area contributed by atoms with Crippen molar-refractivity contribution in [3.8, 4) is 17.0 Å². The van der Waals surface area contributed by atoms with Crippen LogP contribution in [0.4, 0.5) is 23.0 Å². The molecule has 3 N–H and O–H groups in total. The summed E-state index contributed by atoms with van der Waals surface area (Å²) in [5.41, 5.74) is 4.29. The van der Waals surface area contributed by atoms with Gasteiger partial charge in [0.15, 0.2) is 0 Å². The number of carbonyl (C=O) groups excluding carboxylic acids is 1. The predicted octanol–water partition coefficient (Wildman–Crippen LogP) is 3.34. The lowest BCUT2D eigenvalue weighted by molar-refractivity contribution is -0.111. The van der Waals surface area contributed by atoms with E-state index in [0.717, 1.165) is 22.3 Å². The van der Waals surface area contributed by atoms with Crippen LogP contribution in [0.25, 0.3) is 22.3 Å². The molecule has 0 aliphatic carbocycles. The van der Waals surface area contributed by atoms with Gasteiger partial charge < -0.3 is 29.9 Å². The molecule has 0 saturated heterocycles. The average Bonchev–Trinajstić information content (AvgIpc) is 3.21. The first-order valence-corrected chi connectivity index (χ1v) is 10.9. The van der Waals surface area contributed by atoms with Gasteiger partial charge in [0.2, 0.25) is 11.9 Å². The molecule has 0 radical (unpaired) electrons. The van der Waals surface area contributed by atoms with Crippen molar-refractivity contribution < 1.29 is 14.6 Å². The molecular formula is C25H27N7O3. The van der Waals surface area contributed by atoms with Crippen molar-refractivity contribution >= 4 is 40.0 Å². The van der Waals surface area contributed by atoms with Crippen LogP contribution in [-0.4, -0.2) is 57.8 Å². The number of hydrogen-bond donors (Lipinski definition) is 3.